The van der Waals surface area contributed by atoms with E-state index in [9.17, 15) is 14.4 Å². The van der Waals surface area contributed by atoms with Crippen LogP contribution in [0.4, 0.5) is 5.69 Å². The number of amides is 2. The number of aliphatic carboxylic acids is 1. The summed E-state index contributed by atoms with van der Waals surface area (Å²) < 4.78 is 5.45. The first-order chi connectivity index (χ1) is 10.5. The number of nitrogens with zero attached hydrogens (tertiary/aromatic N) is 1. The van der Waals surface area contributed by atoms with Gasteiger partial charge in [0, 0.05) is 6.42 Å². The Bertz CT molecular complexity index is 572. The Kier molecular flexibility index (Phi) is 5.43. The van der Waals surface area contributed by atoms with E-state index in [4.69, 9.17) is 9.84 Å². The molecule has 1 atom stereocenters. The van der Waals surface area contributed by atoms with Gasteiger partial charge in [0.25, 0.3) is 0 Å². The van der Waals surface area contributed by atoms with Crippen LogP contribution in [0.5, 0.6) is 5.75 Å². The summed E-state index contributed by atoms with van der Waals surface area (Å²) in [5.74, 6) is -1.18. The summed E-state index contributed by atoms with van der Waals surface area (Å²) in [6.45, 7) is 2.61. The summed E-state index contributed by atoms with van der Waals surface area (Å²) in [6, 6.07) is 6.74. The maximum absolute atomic E-state index is 12.2. The molecule has 0 aromatic heterocycles. The van der Waals surface area contributed by atoms with E-state index in [2.05, 4.69) is 0 Å². The van der Waals surface area contributed by atoms with Crippen molar-refractivity contribution in [2.75, 3.05) is 17.3 Å². The number of carboxylic acid groups (broad SMARTS) is 1. The van der Waals surface area contributed by atoms with Gasteiger partial charge < -0.3 is 9.84 Å². The van der Waals surface area contributed by atoms with E-state index in [-0.39, 0.29) is 24.0 Å². The van der Waals surface area contributed by atoms with Crippen molar-refractivity contribution in [3.05, 3.63) is 24.3 Å². The highest BCUT2D eigenvalue weighted by molar-refractivity contribution is 8.01. The molecule has 1 N–H and O–H groups in total. The Labute approximate surface area is 132 Å². The van der Waals surface area contributed by atoms with Crippen LogP contribution in [0, 0.1) is 0 Å². The fraction of sp³-hybridized carbons (Fsp3) is 0.400. The second-order valence-corrected chi connectivity index (χ2v) is 6.00. The van der Waals surface area contributed by atoms with Gasteiger partial charge in [-0.25, -0.2) is 4.90 Å². The fourth-order valence-electron chi connectivity index (χ4n) is 2.09. The zero-order valence-corrected chi connectivity index (χ0v) is 13.0. The smallest absolute Gasteiger partial charge is 0.313 e. The molecule has 1 fully saturated rings. The number of ether oxygens (including phenoxy) is 1. The zero-order valence-electron chi connectivity index (χ0n) is 12.2. The molecule has 1 aromatic rings. The normalized spacial score (nSPS) is 17.9. The fourth-order valence-corrected chi connectivity index (χ4v) is 2.94. The largest absolute Gasteiger partial charge is 0.494 e. The molecular formula is C15H17NO5S. The van der Waals surface area contributed by atoms with E-state index in [0.29, 0.717) is 18.0 Å². The lowest BCUT2D eigenvalue weighted by atomic mass is 10.3. The van der Waals surface area contributed by atoms with Crippen molar-refractivity contribution in [1.82, 2.24) is 0 Å². The van der Waals surface area contributed by atoms with Crippen LogP contribution < -0.4 is 9.64 Å². The monoisotopic (exact) mass is 323 g/mol. The highest BCUT2D eigenvalue weighted by Crippen LogP contribution is 2.30. The topological polar surface area (TPSA) is 83.9 Å². The van der Waals surface area contributed by atoms with Crippen LogP contribution >= 0.6 is 11.8 Å². The molecule has 118 valence electrons. The van der Waals surface area contributed by atoms with Crippen molar-refractivity contribution in [1.29, 1.82) is 0 Å². The van der Waals surface area contributed by atoms with Crippen LogP contribution in [0.3, 0.4) is 0 Å². The SMILES string of the molecule is CCCOc1ccc(N2C(=O)C[C@@H](SCC(=O)O)C2=O)cc1. The molecule has 22 heavy (non-hydrogen) atoms. The first kappa shape index (κ1) is 16.4. The number of rotatable bonds is 7. The van der Waals surface area contributed by atoms with Gasteiger partial charge in [0.2, 0.25) is 11.8 Å². The standard InChI is InChI=1S/C15H17NO5S/c1-2-7-21-11-5-3-10(4-6-11)16-13(17)8-12(15(16)20)22-9-14(18)19/h3-6,12H,2,7-9H2,1H3,(H,18,19)/t12-/m1/s1. The van der Waals surface area contributed by atoms with Crippen molar-refractivity contribution in [2.24, 2.45) is 0 Å². The molecule has 1 saturated heterocycles. The van der Waals surface area contributed by atoms with Crippen molar-refractivity contribution in [3.63, 3.8) is 0 Å². The molecule has 0 saturated carbocycles. The molecule has 2 amide bonds. The second-order valence-electron chi connectivity index (χ2n) is 4.81. The number of anilines is 1. The molecule has 1 heterocycles. The van der Waals surface area contributed by atoms with Gasteiger partial charge in [0.05, 0.1) is 23.3 Å². The van der Waals surface area contributed by atoms with Gasteiger partial charge in [-0.3, -0.25) is 14.4 Å². The minimum Gasteiger partial charge on any atom is -0.494 e. The third kappa shape index (κ3) is 3.79. The number of thioether (sulfide) groups is 1. The Balaban J connectivity index is 2.06. The van der Waals surface area contributed by atoms with Gasteiger partial charge in [-0.1, -0.05) is 6.92 Å². The maximum atomic E-state index is 12.2. The Morgan fingerprint density at radius 2 is 2.05 bits per heavy atom. The number of benzene rings is 1. The lowest BCUT2D eigenvalue weighted by Crippen LogP contribution is -2.31. The number of imide groups is 1. The zero-order chi connectivity index (χ0) is 16.1. The molecule has 0 bridgehead atoms. The van der Waals surface area contributed by atoms with E-state index >= 15 is 0 Å². The van der Waals surface area contributed by atoms with Gasteiger partial charge in [0.15, 0.2) is 0 Å². The van der Waals surface area contributed by atoms with Gasteiger partial charge >= 0.3 is 5.97 Å². The van der Waals surface area contributed by atoms with Crippen LogP contribution in [0.25, 0.3) is 0 Å². The molecule has 6 nitrogen and oxygen atoms in total. The number of carboxylic acids is 1. The highest BCUT2D eigenvalue weighted by atomic mass is 32.2. The van der Waals surface area contributed by atoms with Gasteiger partial charge in [-0.05, 0) is 30.7 Å². The molecular weight excluding hydrogens is 306 g/mol. The Morgan fingerprint density at radius 1 is 1.36 bits per heavy atom. The third-order valence-corrected chi connectivity index (χ3v) is 4.27. The van der Waals surface area contributed by atoms with Crippen molar-refractivity contribution in [2.45, 2.75) is 25.0 Å². The van der Waals surface area contributed by atoms with Crippen molar-refractivity contribution < 1.29 is 24.2 Å². The van der Waals surface area contributed by atoms with Gasteiger partial charge in [0.1, 0.15) is 5.75 Å². The average Bonchev–Trinajstić information content (AvgIpc) is 2.78. The van der Waals surface area contributed by atoms with E-state index in [1.807, 2.05) is 6.92 Å². The first-order valence-corrected chi connectivity index (χ1v) is 8.01. The van der Waals surface area contributed by atoms with E-state index < -0.39 is 11.2 Å². The summed E-state index contributed by atoms with van der Waals surface area (Å²) in [5, 5.41) is 8.04. The summed E-state index contributed by atoms with van der Waals surface area (Å²) in [5.41, 5.74) is 0.484. The number of carbonyl (C=O) groups is 3. The summed E-state index contributed by atoms with van der Waals surface area (Å²) in [4.78, 5) is 35.9. The molecule has 1 aliphatic heterocycles. The minimum absolute atomic E-state index is 0.0326. The Hall–Kier alpha value is -2.02. The molecule has 7 heteroatoms. The van der Waals surface area contributed by atoms with Crippen molar-refractivity contribution in [3.8, 4) is 5.75 Å². The van der Waals surface area contributed by atoms with E-state index in [0.717, 1.165) is 23.1 Å². The summed E-state index contributed by atoms with van der Waals surface area (Å²) in [6.07, 6.45) is 0.929. The van der Waals surface area contributed by atoms with Gasteiger partial charge in [-0.2, -0.15) is 0 Å². The summed E-state index contributed by atoms with van der Waals surface area (Å²) >= 11 is 0.980. The van der Waals surface area contributed by atoms with Crippen molar-refractivity contribution >= 4 is 35.2 Å². The molecule has 0 radical (unpaired) electrons. The van der Waals surface area contributed by atoms with Crippen LogP contribution in [-0.4, -0.2) is 40.5 Å². The molecule has 1 aliphatic rings. The quantitative estimate of drug-likeness (QED) is 0.772. The highest BCUT2D eigenvalue weighted by Gasteiger charge is 2.40. The lowest BCUT2D eigenvalue weighted by molar-refractivity contribution is -0.134. The molecule has 0 aliphatic carbocycles. The lowest BCUT2D eigenvalue weighted by Gasteiger charge is -2.15. The third-order valence-electron chi connectivity index (χ3n) is 3.08. The molecule has 2 rings (SSSR count). The molecule has 0 spiro atoms. The van der Waals surface area contributed by atoms with E-state index in [1.165, 1.54) is 0 Å². The first-order valence-electron chi connectivity index (χ1n) is 6.96. The molecule has 1 aromatic carbocycles. The average molecular weight is 323 g/mol. The minimum atomic E-state index is -0.999. The van der Waals surface area contributed by atoms with Gasteiger partial charge in [-0.15, -0.1) is 11.8 Å². The Morgan fingerprint density at radius 3 is 2.64 bits per heavy atom. The molecule has 0 unspecified atom stereocenters. The van der Waals surface area contributed by atoms with Crippen LogP contribution in [0.15, 0.2) is 24.3 Å². The number of hydrogen-bond donors (Lipinski definition) is 1. The van der Waals surface area contributed by atoms with Crippen LogP contribution in [-0.2, 0) is 14.4 Å². The maximum Gasteiger partial charge on any atom is 0.313 e. The number of hydrogen-bond acceptors (Lipinski definition) is 5. The van der Waals surface area contributed by atoms with Crippen LogP contribution in [0.1, 0.15) is 19.8 Å². The predicted octanol–water partition coefficient (Wildman–Crippen LogP) is 1.93. The second kappa shape index (κ2) is 7.31. The predicted molar refractivity (Wildman–Crippen MR) is 83.2 cm³/mol. The number of carbonyl (C=O) groups excluding carboxylic acids is 2. The van der Waals surface area contributed by atoms with E-state index in [1.54, 1.807) is 24.3 Å². The van der Waals surface area contributed by atoms with Crippen LogP contribution in [0.2, 0.25) is 0 Å². The summed E-state index contributed by atoms with van der Waals surface area (Å²) in [7, 11) is 0.